The van der Waals surface area contributed by atoms with E-state index in [2.05, 4.69) is 92.6 Å². The van der Waals surface area contributed by atoms with Crippen LogP contribution in [0.4, 0.5) is 5.69 Å². The lowest BCUT2D eigenvalue weighted by Gasteiger charge is -2.20. The first-order valence-electron chi connectivity index (χ1n) is 8.45. The van der Waals surface area contributed by atoms with E-state index in [1.807, 2.05) is 6.07 Å². The summed E-state index contributed by atoms with van der Waals surface area (Å²) in [5.41, 5.74) is 4.96. The predicted molar refractivity (Wildman–Crippen MR) is 103 cm³/mol. The predicted octanol–water partition coefficient (Wildman–Crippen LogP) is 6.44. The number of rotatable bonds is 7. The fraction of sp³-hybridized carbons (Fsp3) is 0.273. The van der Waals surface area contributed by atoms with Crippen LogP contribution in [0.25, 0.3) is 11.1 Å². The van der Waals surface area contributed by atoms with Gasteiger partial charge in [0.05, 0.1) is 0 Å². The van der Waals surface area contributed by atoms with Crippen LogP contribution in [0.15, 0.2) is 78.5 Å². The molecule has 2 rings (SSSR count). The van der Waals surface area contributed by atoms with E-state index in [0.29, 0.717) is 0 Å². The molecule has 0 aromatic heterocycles. The molecule has 23 heavy (non-hydrogen) atoms. The quantitative estimate of drug-likeness (QED) is 0.420. The number of benzene rings is 2. The van der Waals surface area contributed by atoms with Gasteiger partial charge in [0.15, 0.2) is 0 Å². The van der Waals surface area contributed by atoms with Crippen molar-refractivity contribution in [1.29, 1.82) is 0 Å². The molecule has 0 spiro atoms. The fourth-order valence-corrected chi connectivity index (χ4v) is 2.45. The maximum Gasteiger partial charge on any atom is 0.0405 e. The minimum absolute atomic E-state index is 1.16. The highest BCUT2D eigenvalue weighted by Gasteiger charge is 2.03. The monoisotopic (exact) mass is 305 g/mol. The standard InChI is InChI=1S/C22H27N/c1-4-5-6-7-9-12-19(2)23(3)22-17-15-21(16-18-22)20-13-10-8-11-14-20/h7-18H,4-6H2,1-3H3. The molecule has 0 bridgehead atoms. The molecule has 0 radical (unpaired) electrons. The van der Waals surface area contributed by atoms with Crippen LogP contribution in [0.2, 0.25) is 0 Å². The summed E-state index contributed by atoms with van der Waals surface area (Å²) in [6, 6.07) is 19.2. The highest BCUT2D eigenvalue weighted by molar-refractivity contribution is 5.66. The van der Waals surface area contributed by atoms with E-state index in [1.54, 1.807) is 0 Å². The summed E-state index contributed by atoms with van der Waals surface area (Å²) in [5, 5.41) is 0. The number of unbranched alkanes of at least 4 members (excludes halogenated alkanes) is 2. The van der Waals surface area contributed by atoms with Gasteiger partial charge in [-0.1, -0.05) is 74.4 Å². The molecule has 0 atom stereocenters. The van der Waals surface area contributed by atoms with Gasteiger partial charge >= 0.3 is 0 Å². The van der Waals surface area contributed by atoms with E-state index in [1.165, 1.54) is 35.4 Å². The molecule has 1 nitrogen and oxygen atoms in total. The van der Waals surface area contributed by atoms with Gasteiger partial charge in [0.1, 0.15) is 0 Å². The van der Waals surface area contributed by atoms with Crippen LogP contribution in [0.1, 0.15) is 33.1 Å². The first kappa shape index (κ1) is 17.1. The molecule has 0 heterocycles. The SMILES string of the molecule is CCCCC=CC=C(C)N(C)c1ccc(-c2ccccc2)cc1. The highest BCUT2D eigenvalue weighted by atomic mass is 15.1. The normalized spacial score (nSPS) is 11.9. The van der Waals surface area contributed by atoms with Crippen molar-refractivity contribution in [2.75, 3.05) is 11.9 Å². The third-order valence-electron chi connectivity index (χ3n) is 4.09. The van der Waals surface area contributed by atoms with Crippen LogP contribution in [0, 0.1) is 0 Å². The number of anilines is 1. The van der Waals surface area contributed by atoms with Crippen molar-refractivity contribution < 1.29 is 0 Å². The Labute approximate surface area is 141 Å². The zero-order chi connectivity index (χ0) is 16.5. The Morgan fingerprint density at radius 1 is 0.957 bits per heavy atom. The van der Waals surface area contributed by atoms with Crippen LogP contribution in [-0.2, 0) is 0 Å². The van der Waals surface area contributed by atoms with Crippen molar-refractivity contribution in [3.8, 4) is 11.1 Å². The summed E-state index contributed by atoms with van der Waals surface area (Å²) in [6.07, 6.45) is 10.3. The summed E-state index contributed by atoms with van der Waals surface area (Å²) < 4.78 is 0. The van der Waals surface area contributed by atoms with Crippen LogP contribution >= 0.6 is 0 Å². The molecule has 0 aliphatic rings. The van der Waals surface area contributed by atoms with Crippen LogP contribution < -0.4 is 4.90 Å². The number of hydrogen-bond acceptors (Lipinski definition) is 1. The molecule has 0 unspecified atom stereocenters. The average molecular weight is 305 g/mol. The lowest BCUT2D eigenvalue weighted by molar-refractivity contribution is 0.815. The first-order chi connectivity index (χ1) is 11.2. The van der Waals surface area contributed by atoms with Crippen molar-refractivity contribution in [3.05, 3.63) is 78.5 Å². The Balaban J connectivity index is 2.03. The summed E-state index contributed by atoms with van der Waals surface area (Å²) in [4.78, 5) is 2.22. The van der Waals surface area contributed by atoms with Gasteiger partial charge in [0.25, 0.3) is 0 Å². The average Bonchev–Trinajstić information content (AvgIpc) is 2.61. The van der Waals surface area contributed by atoms with E-state index in [4.69, 9.17) is 0 Å². The van der Waals surface area contributed by atoms with Crippen LogP contribution in [-0.4, -0.2) is 7.05 Å². The Bertz CT molecular complexity index is 635. The lowest BCUT2D eigenvalue weighted by Crippen LogP contribution is -2.13. The Kier molecular flexibility index (Phi) is 6.68. The third-order valence-corrected chi connectivity index (χ3v) is 4.09. The molecule has 0 aliphatic carbocycles. The number of allylic oxidation sites excluding steroid dienone is 4. The minimum atomic E-state index is 1.16. The fourth-order valence-electron chi connectivity index (χ4n) is 2.45. The zero-order valence-corrected chi connectivity index (χ0v) is 14.5. The van der Waals surface area contributed by atoms with Crippen molar-refractivity contribution in [2.45, 2.75) is 33.1 Å². The van der Waals surface area contributed by atoms with Gasteiger partial charge in [0, 0.05) is 18.4 Å². The molecule has 0 saturated carbocycles. The first-order valence-corrected chi connectivity index (χ1v) is 8.45. The Hall–Kier alpha value is -2.28. The molecule has 0 fully saturated rings. The Morgan fingerprint density at radius 3 is 2.26 bits per heavy atom. The van der Waals surface area contributed by atoms with Crippen molar-refractivity contribution in [1.82, 2.24) is 0 Å². The van der Waals surface area contributed by atoms with E-state index in [0.717, 1.165) is 6.42 Å². The third kappa shape index (κ3) is 5.14. The summed E-state index contributed by atoms with van der Waals surface area (Å²) in [7, 11) is 2.11. The molecular weight excluding hydrogens is 278 g/mol. The van der Waals surface area contributed by atoms with E-state index in [9.17, 15) is 0 Å². The molecule has 0 aliphatic heterocycles. The maximum atomic E-state index is 2.25. The number of hydrogen-bond donors (Lipinski definition) is 0. The van der Waals surface area contributed by atoms with Crippen LogP contribution in [0.5, 0.6) is 0 Å². The molecule has 0 N–H and O–H groups in total. The summed E-state index contributed by atoms with van der Waals surface area (Å²) in [5.74, 6) is 0. The van der Waals surface area contributed by atoms with Crippen molar-refractivity contribution in [3.63, 3.8) is 0 Å². The topological polar surface area (TPSA) is 3.24 Å². The van der Waals surface area contributed by atoms with E-state index in [-0.39, 0.29) is 0 Å². The molecule has 2 aromatic carbocycles. The van der Waals surface area contributed by atoms with E-state index >= 15 is 0 Å². The zero-order valence-electron chi connectivity index (χ0n) is 14.5. The Morgan fingerprint density at radius 2 is 1.61 bits per heavy atom. The van der Waals surface area contributed by atoms with Gasteiger partial charge in [-0.15, -0.1) is 0 Å². The van der Waals surface area contributed by atoms with Gasteiger partial charge < -0.3 is 4.90 Å². The largest absolute Gasteiger partial charge is 0.348 e. The lowest BCUT2D eigenvalue weighted by atomic mass is 10.1. The molecular formula is C22H27N. The molecule has 0 saturated heterocycles. The second-order valence-electron chi connectivity index (χ2n) is 5.85. The second kappa shape index (κ2) is 8.99. The molecule has 120 valence electrons. The second-order valence-corrected chi connectivity index (χ2v) is 5.85. The summed E-state index contributed by atoms with van der Waals surface area (Å²) in [6.45, 7) is 4.37. The minimum Gasteiger partial charge on any atom is -0.348 e. The van der Waals surface area contributed by atoms with Gasteiger partial charge in [-0.25, -0.2) is 0 Å². The van der Waals surface area contributed by atoms with Crippen LogP contribution in [0.3, 0.4) is 0 Å². The highest BCUT2D eigenvalue weighted by Crippen LogP contribution is 2.24. The van der Waals surface area contributed by atoms with Gasteiger partial charge in [-0.2, -0.15) is 0 Å². The van der Waals surface area contributed by atoms with Gasteiger partial charge in [-0.3, -0.25) is 0 Å². The van der Waals surface area contributed by atoms with E-state index < -0.39 is 0 Å². The van der Waals surface area contributed by atoms with Crippen molar-refractivity contribution >= 4 is 5.69 Å². The van der Waals surface area contributed by atoms with Gasteiger partial charge in [-0.05, 0) is 42.7 Å². The maximum absolute atomic E-state index is 2.25. The summed E-state index contributed by atoms with van der Waals surface area (Å²) >= 11 is 0. The molecule has 2 aromatic rings. The molecule has 0 amide bonds. The molecule has 1 heteroatoms. The number of nitrogens with zero attached hydrogens (tertiary/aromatic N) is 1. The smallest absolute Gasteiger partial charge is 0.0405 e. The van der Waals surface area contributed by atoms with Gasteiger partial charge in [0.2, 0.25) is 0 Å². The van der Waals surface area contributed by atoms with Crippen molar-refractivity contribution in [2.24, 2.45) is 0 Å².